The van der Waals surface area contributed by atoms with Gasteiger partial charge in [-0.25, -0.2) is 5.06 Å². The van der Waals surface area contributed by atoms with E-state index in [1.54, 1.807) is 24.3 Å². The van der Waals surface area contributed by atoms with Gasteiger partial charge in [-0.05, 0) is 18.6 Å². The molecule has 6 heteroatoms. The highest BCUT2D eigenvalue weighted by Gasteiger charge is 2.20. The number of hydrogen-bond acceptors (Lipinski definition) is 3. The van der Waals surface area contributed by atoms with Crippen molar-refractivity contribution in [2.75, 3.05) is 19.7 Å². The van der Waals surface area contributed by atoms with Crippen LogP contribution in [0.25, 0.3) is 0 Å². The fourth-order valence-corrected chi connectivity index (χ4v) is 1.85. The third-order valence-corrected chi connectivity index (χ3v) is 2.88. The van der Waals surface area contributed by atoms with Gasteiger partial charge in [-0.15, -0.1) is 0 Å². The number of halogens is 1. The third-order valence-electron chi connectivity index (χ3n) is 2.55. The Bertz CT molecular complexity index is 458. The molecule has 0 spiro atoms. The van der Waals surface area contributed by atoms with E-state index >= 15 is 0 Å². The standard InChI is InChI=1S/C12H13ClN2O3/c13-10-5-2-1-4-9(10)12(17)14-8-11(16)15-6-3-7-18-15/h1-2,4-5H,3,6-8H2,(H,14,17). The number of nitrogens with zero attached hydrogens (tertiary/aromatic N) is 1. The molecule has 0 saturated carbocycles. The molecule has 18 heavy (non-hydrogen) atoms. The Morgan fingerprint density at radius 2 is 2.17 bits per heavy atom. The van der Waals surface area contributed by atoms with Crippen molar-refractivity contribution in [3.8, 4) is 0 Å². The van der Waals surface area contributed by atoms with Gasteiger partial charge >= 0.3 is 0 Å². The maximum atomic E-state index is 11.8. The lowest BCUT2D eigenvalue weighted by atomic mass is 10.2. The third kappa shape index (κ3) is 3.00. The van der Waals surface area contributed by atoms with Gasteiger partial charge < -0.3 is 5.32 Å². The summed E-state index contributed by atoms with van der Waals surface area (Å²) in [4.78, 5) is 28.5. The van der Waals surface area contributed by atoms with E-state index < -0.39 is 0 Å². The molecule has 1 aromatic carbocycles. The molecular weight excluding hydrogens is 256 g/mol. The first-order valence-corrected chi connectivity index (χ1v) is 6.02. The fourth-order valence-electron chi connectivity index (χ4n) is 1.63. The van der Waals surface area contributed by atoms with Gasteiger partial charge in [0, 0.05) is 0 Å². The van der Waals surface area contributed by atoms with Crippen LogP contribution in [0.4, 0.5) is 0 Å². The summed E-state index contributed by atoms with van der Waals surface area (Å²) in [6.07, 6.45) is 0.824. The lowest BCUT2D eigenvalue weighted by molar-refractivity contribution is -0.167. The molecule has 1 aliphatic heterocycles. The largest absolute Gasteiger partial charge is 0.343 e. The van der Waals surface area contributed by atoms with Gasteiger partial charge in [-0.2, -0.15) is 0 Å². The summed E-state index contributed by atoms with van der Waals surface area (Å²) in [5.74, 6) is -0.624. The second kappa shape index (κ2) is 5.84. The SMILES string of the molecule is O=C(NCC(=O)N1CCCO1)c1ccccc1Cl. The molecular formula is C12H13ClN2O3. The average Bonchev–Trinajstić information content (AvgIpc) is 2.90. The monoisotopic (exact) mass is 268 g/mol. The van der Waals surface area contributed by atoms with Gasteiger partial charge in [0.1, 0.15) is 0 Å². The quantitative estimate of drug-likeness (QED) is 0.897. The van der Waals surface area contributed by atoms with Crippen molar-refractivity contribution in [2.45, 2.75) is 6.42 Å². The summed E-state index contributed by atoms with van der Waals surface area (Å²) in [6.45, 7) is 1.02. The van der Waals surface area contributed by atoms with Gasteiger partial charge in [-0.1, -0.05) is 23.7 Å². The molecule has 96 valence electrons. The summed E-state index contributed by atoms with van der Waals surface area (Å²) in [6, 6.07) is 6.69. The zero-order valence-corrected chi connectivity index (χ0v) is 10.4. The van der Waals surface area contributed by atoms with E-state index in [0.717, 1.165) is 6.42 Å². The summed E-state index contributed by atoms with van der Waals surface area (Å²) >= 11 is 5.88. The van der Waals surface area contributed by atoms with Crippen LogP contribution in [0.3, 0.4) is 0 Å². The summed E-state index contributed by atoms with van der Waals surface area (Å²) in [7, 11) is 0. The van der Waals surface area contributed by atoms with Crippen molar-refractivity contribution in [3.05, 3.63) is 34.9 Å². The van der Waals surface area contributed by atoms with Crippen molar-refractivity contribution < 1.29 is 14.4 Å². The zero-order valence-electron chi connectivity index (χ0n) is 9.69. The number of rotatable bonds is 3. The second-order valence-electron chi connectivity index (χ2n) is 3.85. The lowest BCUT2D eigenvalue weighted by Gasteiger charge is -2.14. The van der Waals surface area contributed by atoms with Crippen LogP contribution in [0, 0.1) is 0 Å². The fraction of sp³-hybridized carbons (Fsp3) is 0.333. The van der Waals surface area contributed by atoms with Crippen molar-refractivity contribution in [2.24, 2.45) is 0 Å². The molecule has 1 aromatic rings. The Labute approximate surface area is 110 Å². The maximum Gasteiger partial charge on any atom is 0.265 e. The smallest absolute Gasteiger partial charge is 0.265 e. The molecule has 1 heterocycles. The minimum atomic E-state index is -0.367. The molecule has 1 N–H and O–H groups in total. The molecule has 0 radical (unpaired) electrons. The van der Waals surface area contributed by atoms with Crippen LogP contribution in [0.1, 0.15) is 16.8 Å². The minimum Gasteiger partial charge on any atom is -0.343 e. The molecule has 0 bridgehead atoms. The molecule has 0 aliphatic carbocycles. The normalized spacial score (nSPS) is 14.6. The van der Waals surface area contributed by atoms with E-state index in [9.17, 15) is 9.59 Å². The summed E-state index contributed by atoms with van der Waals surface area (Å²) in [5.41, 5.74) is 0.356. The van der Waals surface area contributed by atoms with Gasteiger partial charge in [0.05, 0.1) is 30.3 Å². The van der Waals surface area contributed by atoms with Crippen LogP contribution in [0.15, 0.2) is 24.3 Å². The number of hydrogen-bond donors (Lipinski definition) is 1. The molecule has 0 atom stereocenters. The summed E-state index contributed by atoms with van der Waals surface area (Å²) < 4.78 is 0. The number of carbonyl (C=O) groups excluding carboxylic acids is 2. The Kier molecular flexibility index (Phi) is 4.17. The van der Waals surface area contributed by atoms with E-state index in [4.69, 9.17) is 16.4 Å². The second-order valence-corrected chi connectivity index (χ2v) is 4.25. The summed E-state index contributed by atoms with van der Waals surface area (Å²) in [5, 5.41) is 4.15. The topological polar surface area (TPSA) is 58.6 Å². The van der Waals surface area contributed by atoms with E-state index in [1.807, 2.05) is 0 Å². The molecule has 1 saturated heterocycles. The van der Waals surface area contributed by atoms with Gasteiger partial charge in [0.2, 0.25) is 0 Å². The molecule has 5 nitrogen and oxygen atoms in total. The van der Waals surface area contributed by atoms with E-state index in [-0.39, 0.29) is 18.4 Å². The van der Waals surface area contributed by atoms with E-state index in [2.05, 4.69) is 5.32 Å². The van der Waals surface area contributed by atoms with Crippen LogP contribution in [0.2, 0.25) is 5.02 Å². The van der Waals surface area contributed by atoms with E-state index in [0.29, 0.717) is 23.7 Å². The number of benzene rings is 1. The minimum absolute atomic E-state index is 0.0932. The molecule has 0 aromatic heterocycles. The Morgan fingerprint density at radius 3 is 2.83 bits per heavy atom. The van der Waals surface area contributed by atoms with Crippen molar-refractivity contribution in [3.63, 3.8) is 0 Å². The molecule has 2 amide bonds. The average molecular weight is 269 g/mol. The highest BCUT2D eigenvalue weighted by Crippen LogP contribution is 2.14. The Balaban J connectivity index is 1.88. The van der Waals surface area contributed by atoms with Crippen molar-refractivity contribution >= 4 is 23.4 Å². The number of nitrogens with one attached hydrogen (secondary N) is 1. The predicted molar refractivity (Wildman–Crippen MR) is 66.1 cm³/mol. The highest BCUT2D eigenvalue weighted by atomic mass is 35.5. The molecule has 1 aliphatic rings. The molecule has 1 fully saturated rings. The van der Waals surface area contributed by atoms with Gasteiger partial charge in [0.15, 0.2) is 0 Å². The molecule has 2 rings (SSSR count). The highest BCUT2D eigenvalue weighted by molar-refractivity contribution is 6.33. The van der Waals surface area contributed by atoms with Gasteiger partial charge in [-0.3, -0.25) is 14.4 Å². The Hall–Kier alpha value is -1.59. The maximum absolute atomic E-state index is 11.8. The zero-order chi connectivity index (χ0) is 13.0. The Morgan fingerprint density at radius 1 is 1.39 bits per heavy atom. The number of hydroxylamine groups is 2. The van der Waals surface area contributed by atoms with Crippen LogP contribution in [-0.4, -0.2) is 36.6 Å². The van der Waals surface area contributed by atoms with Crippen LogP contribution in [-0.2, 0) is 9.63 Å². The first-order chi connectivity index (χ1) is 8.68. The van der Waals surface area contributed by atoms with Gasteiger partial charge in [0.25, 0.3) is 11.8 Å². The lowest BCUT2D eigenvalue weighted by Crippen LogP contribution is -2.38. The van der Waals surface area contributed by atoms with Crippen LogP contribution < -0.4 is 5.32 Å². The van der Waals surface area contributed by atoms with Crippen LogP contribution >= 0.6 is 11.6 Å². The van der Waals surface area contributed by atoms with Crippen molar-refractivity contribution in [1.29, 1.82) is 0 Å². The van der Waals surface area contributed by atoms with Crippen LogP contribution in [0.5, 0.6) is 0 Å². The first kappa shape index (κ1) is 12.9. The number of amides is 2. The van der Waals surface area contributed by atoms with E-state index in [1.165, 1.54) is 5.06 Å². The van der Waals surface area contributed by atoms with Crippen molar-refractivity contribution in [1.82, 2.24) is 10.4 Å². The first-order valence-electron chi connectivity index (χ1n) is 5.64. The number of carbonyl (C=O) groups is 2. The predicted octanol–water partition coefficient (Wildman–Crippen LogP) is 1.23. The molecule has 0 unspecified atom stereocenters.